The van der Waals surface area contributed by atoms with Crippen molar-refractivity contribution in [1.82, 2.24) is 4.90 Å². The van der Waals surface area contributed by atoms with E-state index in [-0.39, 0.29) is 12.5 Å². The number of carbonyl (C=O) groups excluding carboxylic acids is 1. The van der Waals surface area contributed by atoms with Crippen molar-refractivity contribution >= 4 is 5.91 Å². The Labute approximate surface area is 103 Å². The Hall–Kier alpha value is -1.51. The minimum absolute atomic E-state index is 0.0315. The third kappa shape index (κ3) is 4.10. The molecule has 94 valence electrons. The van der Waals surface area contributed by atoms with E-state index in [1.165, 1.54) is 10.5 Å². The van der Waals surface area contributed by atoms with Crippen LogP contribution in [-0.2, 0) is 4.79 Å². The second-order valence-electron chi connectivity index (χ2n) is 4.46. The van der Waals surface area contributed by atoms with Crippen LogP contribution in [0.2, 0.25) is 0 Å². The van der Waals surface area contributed by atoms with E-state index in [1.54, 1.807) is 14.1 Å². The van der Waals surface area contributed by atoms with Gasteiger partial charge < -0.3 is 9.64 Å². The van der Waals surface area contributed by atoms with E-state index in [9.17, 15) is 4.79 Å². The number of rotatable bonds is 5. The number of nitrogens with zero attached hydrogens (tertiary/aromatic N) is 1. The quantitative estimate of drug-likeness (QED) is 0.785. The summed E-state index contributed by atoms with van der Waals surface area (Å²) in [5.74, 6) is 1.27. The molecule has 1 aromatic carbocycles. The summed E-state index contributed by atoms with van der Waals surface area (Å²) in [5.41, 5.74) is 1.30. The van der Waals surface area contributed by atoms with Crippen molar-refractivity contribution in [3.8, 4) is 5.75 Å². The van der Waals surface area contributed by atoms with Gasteiger partial charge in [0.1, 0.15) is 5.75 Å². The number of hydrogen-bond donors (Lipinski definition) is 0. The monoisotopic (exact) mass is 235 g/mol. The first-order valence-corrected chi connectivity index (χ1v) is 5.97. The Morgan fingerprint density at radius 3 is 2.35 bits per heavy atom. The summed E-state index contributed by atoms with van der Waals surface area (Å²) in [6, 6.07) is 7.96. The van der Waals surface area contributed by atoms with Crippen LogP contribution >= 0.6 is 0 Å². The van der Waals surface area contributed by atoms with E-state index in [0.717, 1.165) is 12.2 Å². The first kappa shape index (κ1) is 13.6. The molecular weight excluding hydrogens is 214 g/mol. The number of carbonyl (C=O) groups is 1. The van der Waals surface area contributed by atoms with E-state index >= 15 is 0 Å². The van der Waals surface area contributed by atoms with Crippen LogP contribution in [-0.4, -0.2) is 31.5 Å². The molecule has 0 aliphatic carbocycles. The third-order valence-corrected chi connectivity index (χ3v) is 2.92. The van der Waals surface area contributed by atoms with Crippen molar-refractivity contribution < 1.29 is 9.53 Å². The zero-order chi connectivity index (χ0) is 12.8. The van der Waals surface area contributed by atoms with Gasteiger partial charge in [0.15, 0.2) is 6.61 Å². The highest BCUT2D eigenvalue weighted by Crippen LogP contribution is 2.21. The van der Waals surface area contributed by atoms with Gasteiger partial charge in [0.25, 0.3) is 5.91 Å². The summed E-state index contributed by atoms with van der Waals surface area (Å²) in [7, 11) is 3.44. The molecule has 0 aromatic heterocycles. The standard InChI is InChI=1S/C14H21NO2/c1-5-11(2)12-6-8-13(9-7-12)17-10-14(16)15(3)4/h6-9,11H,5,10H2,1-4H3. The molecular formula is C14H21NO2. The van der Waals surface area contributed by atoms with Crippen LogP contribution in [0.15, 0.2) is 24.3 Å². The number of amides is 1. The molecule has 0 saturated carbocycles. The highest BCUT2D eigenvalue weighted by Gasteiger charge is 2.06. The lowest BCUT2D eigenvalue weighted by Crippen LogP contribution is -2.27. The van der Waals surface area contributed by atoms with Crippen LogP contribution < -0.4 is 4.74 Å². The van der Waals surface area contributed by atoms with E-state index in [2.05, 4.69) is 26.0 Å². The van der Waals surface area contributed by atoms with Crippen LogP contribution in [0, 0.1) is 0 Å². The van der Waals surface area contributed by atoms with Gasteiger partial charge in [-0.05, 0) is 30.0 Å². The highest BCUT2D eigenvalue weighted by atomic mass is 16.5. The molecule has 1 unspecified atom stereocenters. The van der Waals surface area contributed by atoms with Crippen LogP contribution in [0.3, 0.4) is 0 Å². The molecule has 1 rings (SSSR count). The molecule has 0 fully saturated rings. The lowest BCUT2D eigenvalue weighted by atomic mass is 9.99. The summed E-state index contributed by atoms with van der Waals surface area (Å²) >= 11 is 0. The maximum atomic E-state index is 11.3. The van der Waals surface area contributed by atoms with Crippen molar-refractivity contribution in [2.24, 2.45) is 0 Å². The van der Waals surface area contributed by atoms with Gasteiger partial charge in [-0.25, -0.2) is 0 Å². The van der Waals surface area contributed by atoms with Crippen LogP contribution in [0.25, 0.3) is 0 Å². The summed E-state index contributed by atoms with van der Waals surface area (Å²) in [6.45, 7) is 4.46. The topological polar surface area (TPSA) is 29.5 Å². The summed E-state index contributed by atoms with van der Waals surface area (Å²) in [6.07, 6.45) is 1.12. The van der Waals surface area contributed by atoms with Gasteiger partial charge in [0, 0.05) is 14.1 Å². The van der Waals surface area contributed by atoms with Gasteiger partial charge in [-0.15, -0.1) is 0 Å². The van der Waals surface area contributed by atoms with E-state index < -0.39 is 0 Å². The smallest absolute Gasteiger partial charge is 0.259 e. The van der Waals surface area contributed by atoms with Gasteiger partial charge in [-0.2, -0.15) is 0 Å². The first-order chi connectivity index (χ1) is 8.04. The number of hydrogen-bond acceptors (Lipinski definition) is 2. The molecule has 0 aliphatic rings. The molecule has 3 nitrogen and oxygen atoms in total. The second kappa shape index (κ2) is 6.28. The molecule has 0 N–H and O–H groups in total. The first-order valence-electron chi connectivity index (χ1n) is 5.97. The van der Waals surface area contributed by atoms with Gasteiger partial charge in [0.2, 0.25) is 0 Å². The fourth-order valence-electron chi connectivity index (χ4n) is 1.40. The molecule has 0 spiro atoms. The fraction of sp³-hybridized carbons (Fsp3) is 0.500. The largest absolute Gasteiger partial charge is 0.484 e. The van der Waals surface area contributed by atoms with Crippen molar-refractivity contribution in [3.63, 3.8) is 0 Å². The maximum Gasteiger partial charge on any atom is 0.259 e. The molecule has 1 atom stereocenters. The molecule has 3 heteroatoms. The van der Waals surface area contributed by atoms with Crippen molar-refractivity contribution in [2.45, 2.75) is 26.2 Å². The molecule has 0 heterocycles. The molecule has 1 aromatic rings. The Bertz CT molecular complexity index is 357. The third-order valence-electron chi connectivity index (χ3n) is 2.92. The van der Waals surface area contributed by atoms with Gasteiger partial charge in [-0.3, -0.25) is 4.79 Å². The Morgan fingerprint density at radius 1 is 1.29 bits per heavy atom. The lowest BCUT2D eigenvalue weighted by Gasteiger charge is -2.12. The minimum atomic E-state index is -0.0315. The molecule has 0 aliphatic heterocycles. The second-order valence-corrected chi connectivity index (χ2v) is 4.46. The molecule has 0 bridgehead atoms. The van der Waals surface area contributed by atoms with Gasteiger partial charge >= 0.3 is 0 Å². The van der Waals surface area contributed by atoms with Crippen molar-refractivity contribution in [2.75, 3.05) is 20.7 Å². The zero-order valence-corrected chi connectivity index (χ0v) is 11.1. The molecule has 0 saturated heterocycles. The van der Waals surface area contributed by atoms with Crippen LogP contribution in [0.4, 0.5) is 0 Å². The summed E-state index contributed by atoms with van der Waals surface area (Å²) in [5, 5.41) is 0. The molecule has 0 radical (unpaired) electrons. The predicted molar refractivity (Wildman–Crippen MR) is 69.3 cm³/mol. The highest BCUT2D eigenvalue weighted by molar-refractivity contribution is 5.77. The normalized spacial score (nSPS) is 12.0. The van der Waals surface area contributed by atoms with E-state index in [1.807, 2.05) is 12.1 Å². The van der Waals surface area contributed by atoms with Crippen molar-refractivity contribution in [3.05, 3.63) is 29.8 Å². The van der Waals surface area contributed by atoms with Crippen LogP contribution in [0.1, 0.15) is 31.7 Å². The predicted octanol–water partition coefficient (Wildman–Crippen LogP) is 2.67. The fourth-order valence-corrected chi connectivity index (χ4v) is 1.40. The maximum absolute atomic E-state index is 11.3. The van der Waals surface area contributed by atoms with Crippen molar-refractivity contribution in [1.29, 1.82) is 0 Å². The molecule has 1 amide bonds. The van der Waals surface area contributed by atoms with Gasteiger partial charge in [-0.1, -0.05) is 26.0 Å². The number of likely N-dealkylation sites (N-methyl/N-ethyl adjacent to an activating group) is 1. The average Bonchev–Trinajstić information content (AvgIpc) is 2.35. The van der Waals surface area contributed by atoms with E-state index in [0.29, 0.717) is 5.92 Å². The van der Waals surface area contributed by atoms with Gasteiger partial charge in [0.05, 0.1) is 0 Å². The van der Waals surface area contributed by atoms with E-state index in [4.69, 9.17) is 4.74 Å². The Kier molecular flexibility index (Phi) is 5.01. The number of benzene rings is 1. The average molecular weight is 235 g/mol. The number of ether oxygens (including phenoxy) is 1. The minimum Gasteiger partial charge on any atom is -0.484 e. The lowest BCUT2D eigenvalue weighted by molar-refractivity contribution is -0.130. The van der Waals surface area contributed by atoms with Crippen LogP contribution in [0.5, 0.6) is 5.75 Å². The SMILES string of the molecule is CCC(C)c1ccc(OCC(=O)N(C)C)cc1. The Balaban J connectivity index is 2.54. The zero-order valence-electron chi connectivity index (χ0n) is 11.1. The summed E-state index contributed by atoms with van der Waals surface area (Å²) in [4.78, 5) is 12.9. The summed E-state index contributed by atoms with van der Waals surface area (Å²) < 4.78 is 5.41. The Morgan fingerprint density at radius 2 is 1.88 bits per heavy atom. The molecule has 17 heavy (non-hydrogen) atoms.